The van der Waals surface area contributed by atoms with Crippen LogP contribution in [-0.2, 0) is 5.54 Å². The standard InChI is InChI=1S/C27H18ClNO3/c28-19-10-14-21(15-11-19)32-22-16-12-20(13-17-22)29-27(18-6-2-1-3-7-18)25(30)23-8-4-5-9-24(23)26(27)31/h1-17,29H. The molecule has 5 heteroatoms. The highest BCUT2D eigenvalue weighted by molar-refractivity contribution is 6.34. The zero-order chi connectivity index (χ0) is 22.1. The number of anilines is 1. The third-order valence-electron chi connectivity index (χ3n) is 5.54. The molecular weight excluding hydrogens is 422 g/mol. The number of Topliss-reactive ketones (excluding diaryl/α,β-unsaturated/α-hetero) is 2. The van der Waals surface area contributed by atoms with Gasteiger partial charge in [0.1, 0.15) is 11.5 Å². The molecule has 4 aromatic rings. The third kappa shape index (κ3) is 3.35. The van der Waals surface area contributed by atoms with Gasteiger partial charge in [-0.3, -0.25) is 9.59 Å². The Kier molecular flexibility index (Phi) is 5.00. The molecule has 32 heavy (non-hydrogen) atoms. The maximum absolute atomic E-state index is 13.6. The van der Waals surface area contributed by atoms with Crippen molar-refractivity contribution in [2.75, 3.05) is 5.32 Å². The summed E-state index contributed by atoms with van der Waals surface area (Å²) in [5.74, 6) is 0.767. The SMILES string of the molecule is O=C1c2ccccc2C(=O)C1(Nc1ccc(Oc2ccc(Cl)cc2)cc1)c1ccccc1. The number of nitrogens with one attached hydrogen (secondary N) is 1. The fourth-order valence-electron chi connectivity index (χ4n) is 3.98. The molecule has 5 rings (SSSR count). The molecule has 1 aliphatic rings. The summed E-state index contributed by atoms with van der Waals surface area (Å²) in [6, 6.07) is 30.3. The van der Waals surface area contributed by atoms with Crippen LogP contribution in [0.3, 0.4) is 0 Å². The Morgan fingerprint density at radius 3 is 1.69 bits per heavy atom. The van der Waals surface area contributed by atoms with Crippen LogP contribution >= 0.6 is 11.6 Å². The second kappa shape index (κ2) is 7.98. The predicted octanol–water partition coefficient (Wildman–Crippen LogP) is 6.52. The minimum absolute atomic E-state index is 0.259. The van der Waals surface area contributed by atoms with E-state index in [0.717, 1.165) is 0 Å². The smallest absolute Gasteiger partial charge is 0.201 e. The number of carbonyl (C=O) groups excluding carboxylic acids is 2. The number of hydrogen-bond donors (Lipinski definition) is 1. The van der Waals surface area contributed by atoms with E-state index < -0.39 is 5.54 Å². The van der Waals surface area contributed by atoms with Crippen LogP contribution in [0.5, 0.6) is 11.5 Å². The van der Waals surface area contributed by atoms with E-state index in [2.05, 4.69) is 5.32 Å². The highest BCUT2D eigenvalue weighted by Crippen LogP contribution is 2.40. The minimum Gasteiger partial charge on any atom is -0.457 e. The van der Waals surface area contributed by atoms with Crippen LogP contribution in [0, 0.1) is 0 Å². The molecule has 0 saturated carbocycles. The summed E-state index contributed by atoms with van der Waals surface area (Å²) in [7, 11) is 0. The largest absolute Gasteiger partial charge is 0.457 e. The zero-order valence-electron chi connectivity index (χ0n) is 16.9. The lowest BCUT2D eigenvalue weighted by atomic mass is 9.84. The van der Waals surface area contributed by atoms with E-state index >= 15 is 0 Å². The van der Waals surface area contributed by atoms with Gasteiger partial charge in [0.05, 0.1) is 0 Å². The first-order valence-corrected chi connectivity index (χ1v) is 10.5. The first kappa shape index (κ1) is 20.0. The van der Waals surface area contributed by atoms with Gasteiger partial charge < -0.3 is 10.1 Å². The van der Waals surface area contributed by atoms with Crippen LogP contribution < -0.4 is 10.1 Å². The molecule has 1 N–H and O–H groups in total. The molecule has 0 fully saturated rings. The number of ether oxygens (including phenoxy) is 1. The normalized spacial score (nSPS) is 14.2. The van der Waals surface area contributed by atoms with Crippen molar-refractivity contribution >= 4 is 28.9 Å². The van der Waals surface area contributed by atoms with Crippen molar-refractivity contribution in [3.05, 3.63) is 125 Å². The van der Waals surface area contributed by atoms with Crippen molar-refractivity contribution in [1.29, 1.82) is 0 Å². The van der Waals surface area contributed by atoms with Gasteiger partial charge in [0, 0.05) is 21.8 Å². The number of fused-ring (bicyclic) bond motifs is 1. The fraction of sp³-hybridized carbons (Fsp3) is 0.0370. The topological polar surface area (TPSA) is 55.4 Å². The molecule has 156 valence electrons. The van der Waals surface area contributed by atoms with E-state index in [4.69, 9.17) is 16.3 Å². The lowest BCUT2D eigenvalue weighted by Gasteiger charge is -2.29. The number of halogens is 1. The maximum atomic E-state index is 13.6. The van der Waals surface area contributed by atoms with Gasteiger partial charge in [-0.05, 0) is 54.1 Å². The lowest BCUT2D eigenvalue weighted by Crippen LogP contribution is -2.46. The third-order valence-corrected chi connectivity index (χ3v) is 5.79. The van der Waals surface area contributed by atoms with Crippen molar-refractivity contribution in [1.82, 2.24) is 0 Å². The van der Waals surface area contributed by atoms with Gasteiger partial charge in [-0.2, -0.15) is 0 Å². The Morgan fingerprint density at radius 1 is 0.625 bits per heavy atom. The van der Waals surface area contributed by atoms with Crippen molar-refractivity contribution in [2.24, 2.45) is 0 Å². The second-order valence-electron chi connectivity index (χ2n) is 7.53. The van der Waals surface area contributed by atoms with Crippen LogP contribution in [0.15, 0.2) is 103 Å². The minimum atomic E-state index is -1.51. The summed E-state index contributed by atoms with van der Waals surface area (Å²) >= 11 is 5.92. The van der Waals surface area contributed by atoms with Crippen LogP contribution in [0.1, 0.15) is 26.3 Å². The molecular formula is C27H18ClNO3. The zero-order valence-corrected chi connectivity index (χ0v) is 17.7. The van der Waals surface area contributed by atoms with Gasteiger partial charge in [0.25, 0.3) is 0 Å². The van der Waals surface area contributed by atoms with E-state index in [9.17, 15) is 9.59 Å². The van der Waals surface area contributed by atoms with Gasteiger partial charge in [-0.15, -0.1) is 0 Å². The number of hydrogen-bond acceptors (Lipinski definition) is 4. The Morgan fingerprint density at radius 2 is 1.12 bits per heavy atom. The molecule has 0 unspecified atom stereocenters. The molecule has 0 heterocycles. The molecule has 0 radical (unpaired) electrons. The van der Waals surface area contributed by atoms with Crippen LogP contribution in [0.4, 0.5) is 5.69 Å². The van der Waals surface area contributed by atoms with Gasteiger partial charge >= 0.3 is 0 Å². The Bertz CT molecular complexity index is 1260. The first-order chi connectivity index (χ1) is 15.6. The van der Waals surface area contributed by atoms with E-state index in [1.54, 1.807) is 84.9 Å². The van der Waals surface area contributed by atoms with Gasteiger partial charge in [0.2, 0.25) is 11.6 Å². The van der Waals surface area contributed by atoms with Crippen molar-refractivity contribution in [2.45, 2.75) is 5.54 Å². The van der Waals surface area contributed by atoms with Crippen molar-refractivity contribution in [3.8, 4) is 11.5 Å². The fourth-order valence-corrected chi connectivity index (χ4v) is 4.11. The number of rotatable bonds is 5. The lowest BCUT2D eigenvalue weighted by molar-refractivity contribution is 0.0819. The second-order valence-corrected chi connectivity index (χ2v) is 7.96. The quantitative estimate of drug-likeness (QED) is 0.360. The van der Waals surface area contributed by atoms with Gasteiger partial charge in [-0.25, -0.2) is 0 Å². The summed E-state index contributed by atoms with van der Waals surface area (Å²) in [5.41, 5.74) is 0.580. The summed E-state index contributed by atoms with van der Waals surface area (Å²) in [6.45, 7) is 0. The molecule has 0 amide bonds. The molecule has 0 aromatic heterocycles. The van der Waals surface area contributed by atoms with Crippen molar-refractivity contribution in [3.63, 3.8) is 0 Å². The highest BCUT2D eigenvalue weighted by Gasteiger charge is 2.54. The van der Waals surface area contributed by atoms with Crippen molar-refractivity contribution < 1.29 is 14.3 Å². The maximum Gasteiger partial charge on any atom is 0.201 e. The summed E-state index contributed by atoms with van der Waals surface area (Å²) in [6.07, 6.45) is 0. The van der Waals surface area contributed by atoms with E-state index in [-0.39, 0.29) is 11.6 Å². The van der Waals surface area contributed by atoms with E-state index in [1.165, 1.54) is 0 Å². The molecule has 4 nitrogen and oxygen atoms in total. The number of carbonyl (C=O) groups is 2. The number of ketones is 2. The molecule has 0 saturated heterocycles. The molecule has 0 atom stereocenters. The van der Waals surface area contributed by atoms with Crippen LogP contribution in [0.25, 0.3) is 0 Å². The first-order valence-electron chi connectivity index (χ1n) is 10.1. The highest BCUT2D eigenvalue weighted by atomic mass is 35.5. The average molecular weight is 440 g/mol. The van der Waals surface area contributed by atoms with E-state index in [1.807, 2.05) is 18.2 Å². The Hall–Kier alpha value is -3.89. The molecule has 1 aliphatic carbocycles. The van der Waals surface area contributed by atoms with Gasteiger partial charge in [-0.1, -0.05) is 66.2 Å². The molecule has 0 aliphatic heterocycles. The van der Waals surface area contributed by atoms with Crippen LogP contribution in [0.2, 0.25) is 5.02 Å². The predicted molar refractivity (Wildman–Crippen MR) is 125 cm³/mol. The summed E-state index contributed by atoms with van der Waals surface area (Å²) in [4.78, 5) is 27.1. The summed E-state index contributed by atoms with van der Waals surface area (Å²) < 4.78 is 5.84. The molecule has 0 spiro atoms. The van der Waals surface area contributed by atoms with Gasteiger partial charge in [0.15, 0.2) is 5.54 Å². The Balaban J connectivity index is 1.49. The van der Waals surface area contributed by atoms with E-state index in [0.29, 0.717) is 38.9 Å². The monoisotopic (exact) mass is 439 g/mol. The van der Waals surface area contributed by atoms with Crippen LogP contribution in [-0.4, -0.2) is 11.6 Å². The average Bonchev–Trinajstić information content (AvgIpc) is 3.05. The molecule has 4 aromatic carbocycles. The Labute approximate surface area is 190 Å². The molecule has 0 bridgehead atoms. The summed E-state index contributed by atoms with van der Waals surface area (Å²) in [5, 5.41) is 3.88. The number of benzene rings is 4.